The van der Waals surface area contributed by atoms with Gasteiger partial charge in [-0.3, -0.25) is 9.59 Å². The number of aromatic nitrogens is 2. The van der Waals surface area contributed by atoms with Crippen LogP contribution < -0.4 is 20.1 Å². The van der Waals surface area contributed by atoms with Gasteiger partial charge in [-0.1, -0.05) is 0 Å². The highest BCUT2D eigenvalue weighted by Gasteiger charge is 2.34. The molecule has 0 fully saturated rings. The lowest BCUT2D eigenvalue weighted by atomic mass is 10.1. The van der Waals surface area contributed by atoms with Gasteiger partial charge in [-0.25, -0.2) is 4.68 Å². The van der Waals surface area contributed by atoms with Crippen LogP contribution in [0.2, 0.25) is 0 Å². The van der Waals surface area contributed by atoms with E-state index in [-0.39, 0.29) is 18.2 Å². The third-order valence-corrected chi connectivity index (χ3v) is 5.10. The van der Waals surface area contributed by atoms with E-state index in [0.29, 0.717) is 22.9 Å². The van der Waals surface area contributed by atoms with Gasteiger partial charge < -0.3 is 20.1 Å². The van der Waals surface area contributed by atoms with Gasteiger partial charge in [0.1, 0.15) is 23.4 Å². The Hall–Kier alpha value is -3.81. The number of rotatable bonds is 5. The highest BCUT2D eigenvalue weighted by Crippen LogP contribution is 2.35. The Morgan fingerprint density at radius 1 is 1.07 bits per heavy atom. The van der Waals surface area contributed by atoms with E-state index in [2.05, 4.69) is 15.7 Å². The maximum atomic E-state index is 13.0. The van der Waals surface area contributed by atoms with Gasteiger partial charge in [0.2, 0.25) is 11.8 Å². The van der Waals surface area contributed by atoms with Crippen molar-refractivity contribution in [2.45, 2.75) is 19.4 Å². The van der Waals surface area contributed by atoms with Crippen LogP contribution in [0, 0.1) is 6.92 Å². The summed E-state index contributed by atoms with van der Waals surface area (Å²) in [7, 11) is 3.19. The molecule has 0 radical (unpaired) electrons. The molecule has 0 saturated carbocycles. The van der Waals surface area contributed by atoms with Gasteiger partial charge in [0, 0.05) is 16.8 Å². The molecule has 8 heteroatoms. The zero-order chi connectivity index (χ0) is 21.3. The maximum absolute atomic E-state index is 13.0. The topological polar surface area (TPSA) is 94.5 Å². The number of nitrogens with one attached hydrogen (secondary N) is 2. The van der Waals surface area contributed by atoms with Crippen molar-refractivity contribution in [1.82, 2.24) is 9.78 Å². The average molecular weight is 406 g/mol. The van der Waals surface area contributed by atoms with Crippen LogP contribution in [0.1, 0.15) is 18.0 Å². The number of carbonyl (C=O) groups is 2. The molecular weight excluding hydrogens is 384 g/mol. The summed E-state index contributed by atoms with van der Waals surface area (Å²) in [5.41, 5.74) is 3.00. The molecule has 1 aliphatic rings. The first-order valence-electron chi connectivity index (χ1n) is 9.48. The zero-order valence-electron chi connectivity index (χ0n) is 16.9. The molecule has 1 unspecified atom stereocenters. The van der Waals surface area contributed by atoms with Crippen molar-refractivity contribution in [3.8, 4) is 22.8 Å². The predicted molar refractivity (Wildman–Crippen MR) is 113 cm³/mol. The van der Waals surface area contributed by atoms with E-state index >= 15 is 0 Å². The minimum Gasteiger partial charge on any atom is -0.497 e. The van der Waals surface area contributed by atoms with Crippen LogP contribution in [0.15, 0.2) is 48.5 Å². The molecule has 154 valence electrons. The van der Waals surface area contributed by atoms with Gasteiger partial charge in [0.15, 0.2) is 0 Å². The van der Waals surface area contributed by atoms with E-state index in [1.807, 2.05) is 31.2 Å². The monoisotopic (exact) mass is 406 g/mol. The Labute approximate surface area is 173 Å². The molecule has 3 aromatic rings. The van der Waals surface area contributed by atoms with Crippen LogP contribution in [0.3, 0.4) is 0 Å². The van der Waals surface area contributed by atoms with E-state index in [4.69, 9.17) is 9.47 Å². The number of hydrogen-bond donors (Lipinski definition) is 2. The lowest BCUT2D eigenvalue weighted by molar-refractivity contribution is -0.125. The van der Waals surface area contributed by atoms with E-state index in [9.17, 15) is 9.59 Å². The van der Waals surface area contributed by atoms with Crippen LogP contribution in [0.5, 0.6) is 11.5 Å². The minimum atomic E-state index is -0.749. The Bertz CT molecular complexity index is 1090. The van der Waals surface area contributed by atoms with Crippen LogP contribution >= 0.6 is 0 Å². The van der Waals surface area contributed by atoms with E-state index in [0.717, 1.165) is 16.9 Å². The molecule has 4 rings (SSSR count). The molecule has 2 N–H and O–H groups in total. The highest BCUT2D eigenvalue weighted by molar-refractivity contribution is 6.02. The molecule has 1 aromatic heterocycles. The molecule has 0 saturated heterocycles. The fraction of sp³-hybridized carbons (Fsp3) is 0.227. The van der Waals surface area contributed by atoms with Crippen molar-refractivity contribution in [3.05, 3.63) is 54.1 Å². The highest BCUT2D eigenvalue weighted by atomic mass is 16.5. The Kier molecular flexibility index (Phi) is 5.14. The molecule has 0 spiro atoms. The largest absolute Gasteiger partial charge is 0.497 e. The number of amides is 2. The summed E-state index contributed by atoms with van der Waals surface area (Å²) in [6.45, 7) is 1.88. The van der Waals surface area contributed by atoms with E-state index in [1.165, 1.54) is 0 Å². The average Bonchev–Trinajstić information content (AvgIpc) is 3.10. The van der Waals surface area contributed by atoms with Crippen molar-refractivity contribution in [2.24, 2.45) is 0 Å². The van der Waals surface area contributed by atoms with Gasteiger partial charge in [-0.2, -0.15) is 5.10 Å². The number of methoxy groups -OCH3 is 2. The van der Waals surface area contributed by atoms with Crippen molar-refractivity contribution >= 4 is 23.3 Å². The standard InChI is InChI=1S/C22H22N4O4/c1-13-20(14-4-8-16(29-2)9-5-14)25-26-18(12-19(27)24-21(13)26)22(28)23-15-6-10-17(30-3)11-7-15/h4-11,18H,12H2,1-3H3,(H,23,28)(H,24,27). The molecule has 0 bridgehead atoms. The second-order valence-corrected chi connectivity index (χ2v) is 6.98. The van der Waals surface area contributed by atoms with Gasteiger partial charge >= 0.3 is 0 Å². The Balaban J connectivity index is 1.65. The number of fused-ring (bicyclic) bond motifs is 1. The second-order valence-electron chi connectivity index (χ2n) is 6.98. The summed E-state index contributed by atoms with van der Waals surface area (Å²) in [6.07, 6.45) is 0.0121. The third-order valence-electron chi connectivity index (χ3n) is 5.10. The number of hydrogen-bond acceptors (Lipinski definition) is 5. The first-order valence-corrected chi connectivity index (χ1v) is 9.48. The van der Waals surface area contributed by atoms with Crippen LogP contribution in [-0.4, -0.2) is 35.8 Å². The third kappa shape index (κ3) is 3.59. The van der Waals surface area contributed by atoms with E-state index < -0.39 is 6.04 Å². The zero-order valence-corrected chi connectivity index (χ0v) is 16.9. The number of carbonyl (C=O) groups excluding carboxylic acids is 2. The van der Waals surface area contributed by atoms with Crippen LogP contribution in [0.25, 0.3) is 11.3 Å². The van der Waals surface area contributed by atoms with Crippen molar-refractivity contribution in [2.75, 3.05) is 24.9 Å². The van der Waals surface area contributed by atoms with Crippen molar-refractivity contribution < 1.29 is 19.1 Å². The second kappa shape index (κ2) is 7.90. The summed E-state index contributed by atoms with van der Waals surface area (Å²) in [6, 6.07) is 13.8. The number of ether oxygens (including phenoxy) is 2. The fourth-order valence-electron chi connectivity index (χ4n) is 3.47. The molecule has 1 aliphatic heterocycles. The normalized spacial score (nSPS) is 15.2. The molecular formula is C22H22N4O4. The molecule has 0 aliphatic carbocycles. The summed E-state index contributed by atoms with van der Waals surface area (Å²) in [5.74, 6) is 1.44. The lowest BCUT2D eigenvalue weighted by Gasteiger charge is -2.24. The van der Waals surface area contributed by atoms with Crippen molar-refractivity contribution in [3.63, 3.8) is 0 Å². The lowest BCUT2D eigenvalue weighted by Crippen LogP contribution is -2.35. The quantitative estimate of drug-likeness (QED) is 0.677. The molecule has 8 nitrogen and oxygen atoms in total. The van der Waals surface area contributed by atoms with Gasteiger partial charge in [0.05, 0.1) is 26.3 Å². The summed E-state index contributed by atoms with van der Waals surface area (Å²) in [5, 5.41) is 10.4. The van der Waals surface area contributed by atoms with Crippen LogP contribution in [-0.2, 0) is 9.59 Å². The van der Waals surface area contributed by atoms with E-state index in [1.54, 1.807) is 43.2 Å². The Morgan fingerprint density at radius 3 is 2.27 bits per heavy atom. The first-order chi connectivity index (χ1) is 14.5. The van der Waals surface area contributed by atoms with Crippen molar-refractivity contribution in [1.29, 1.82) is 0 Å². The maximum Gasteiger partial charge on any atom is 0.249 e. The number of benzene rings is 2. The summed E-state index contributed by atoms with van der Waals surface area (Å²) < 4.78 is 11.9. The molecule has 2 amide bonds. The first kappa shape index (κ1) is 19.5. The summed E-state index contributed by atoms with van der Waals surface area (Å²) >= 11 is 0. The van der Waals surface area contributed by atoms with Gasteiger partial charge in [-0.05, 0) is 55.5 Å². The molecule has 1 atom stereocenters. The Morgan fingerprint density at radius 2 is 1.67 bits per heavy atom. The van der Waals surface area contributed by atoms with Gasteiger partial charge in [0.25, 0.3) is 0 Å². The number of anilines is 2. The predicted octanol–water partition coefficient (Wildman–Crippen LogP) is 3.40. The van der Waals surface area contributed by atoms with Crippen LogP contribution in [0.4, 0.5) is 11.5 Å². The fourth-order valence-corrected chi connectivity index (χ4v) is 3.47. The SMILES string of the molecule is COc1ccc(NC(=O)C2CC(=O)Nc3c(C)c(-c4ccc(OC)cc4)nn32)cc1. The molecule has 2 aromatic carbocycles. The van der Waals surface area contributed by atoms with Gasteiger partial charge in [-0.15, -0.1) is 0 Å². The molecule has 2 heterocycles. The summed E-state index contributed by atoms with van der Waals surface area (Å²) in [4.78, 5) is 25.3. The number of nitrogens with zero attached hydrogens (tertiary/aromatic N) is 2. The smallest absolute Gasteiger partial charge is 0.249 e. The minimum absolute atomic E-state index is 0.0121. The molecule has 30 heavy (non-hydrogen) atoms.